The van der Waals surface area contributed by atoms with Crippen LogP contribution < -0.4 is 10.0 Å². The van der Waals surface area contributed by atoms with Crippen molar-refractivity contribution < 1.29 is 9.52 Å². The molecule has 2 aromatic heterocycles. The van der Waals surface area contributed by atoms with Crippen LogP contribution in [-0.2, 0) is 17.6 Å². The summed E-state index contributed by atoms with van der Waals surface area (Å²) in [6.45, 7) is 0. The zero-order valence-corrected chi connectivity index (χ0v) is 16.3. The van der Waals surface area contributed by atoms with Gasteiger partial charge in [-0.05, 0) is 48.6 Å². The van der Waals surface area contributed by atoms with Gasteiger partial charge in [0, 0.05) is 17.0 Å². The van der Waals surface area contributed by atoms with Crippen LogP contribution in [-0.4, -0.2) is 16.6 Å². The fraction of sp³-hybridized carbons (Fsp3) is 0.250. The van der Waals surface area contributed by atoms with Crippen LogP contribution in [0.15, 0.2) is 59.8 Å². The van der Waals surface area contributed by atoms with E-state index in [9.17, 15) is 10.0 Å². The number of hydrogen-bond donors (Lipinski definition) is 1. The quantitative estimate of drug-likeness (QED) is 0.404. The third kappa shape index (κ3) is 4.31. The smallest absolute Gasteiger partial charge is 0.251 e. The molecule has 3 aromatic rings. The van der Waals surface area contributed by atoms with Gasteiger partial charge in [-0.2, -0.15) is 4.73 Å². The molecule has 1 N–H and O–H groups in total. The first kappa shape index (κ1) is 18.0. The average Bonchev–Trinajstić information content (AvgIpc) is 3.09. The van der Waals surface area contributed by atoms with E-state index in [1.807, 2.05) is 6.07 Å². The van der Waals surface area contributed by atoms with E-state index in [2.05, 4.69) is 34.6 Å². The number of aryl methyl sites for hydroxylation is 1. The first-order valence-corrected chi connectivity index (χ1v) is 10.6. The lowest BCUT2D eigenvalue weighted by atomic mass is 9.85. The summed E-state index contributed by atoms with van der Waals surface area (Å²) in [6.07, 6.45) is 4.43. The minimum atomic E-state index is -0.144. The lowest BCUT2D eigenvalue weighted by molar-refractivity contribution is -0.645. The molecule has 27 heavy (non-hydrogen) atoms. The second kappa shape index (κ2) is 8.10. The molecular formula is C20H19N3O2S2. The highest BCUT2D eigenvalue weighted by atomic mass is 32.2. The molecule has 0 bridgehead atoms. The maximum atomic E-state index is 12.2. The van der Waals surface area contributed by atoms with Gasteiger partial charge >= 0.3 is 0 Å². The largest absolute Gasteiger partial charge is 0.618 e. The number of benzene rings is 1. The number of aromatic nitrogens is 2. The third-order valence-corrected chi connectivity index (χ3v) is 6.65. The Morgan fingerprint density at radius 3 is 2.89 bits per heavy atom. The number of carbonyl (C=O) groups is 1. The first-order valence-electron chi connectivity index (χ1n) is 8.83. The molecule has 1 atom stereocenters. The number of amides is 1. The maximum absolute atomic E-state index is 12.2. The number of nitrogens with zero attached hydrogens (tertiary/aromatic N) is 2. The van der Waals surface area contributed by atoms with E-state index in [1.165, 1.54) is 28.4 Å². The van der Waals surface area contributed by atoms with Gasteiger partial charge < -0.3 is 10.5 Å². The van der Waals surface area contributed by atoms with Gasteiger partial charge in [0.25, 0.3) is 5.03 Å². The standard InChI is InChI=1S/C20H19N3O2S2/c24-18(13-26-19-8-4-5-11-23(19)25)22-20-21-16-10-9-15(12-17(16)27-20)14-6-2-1-3-7-14/h1-8,11,15H,9-10,12-13H2,(H,21,22,24)/t15-/m0/s1. The number of pyridine rings is 1. The lowest BCUT2D eigenvalue weighted by Crippen LogP contribution is -2.28. The van der Waals surface area contributed by atoms with Crippen molar-refractivity contribution in [2.45, 2.75) is 30.2 Å². The number of fused-ring (bicyclic) bond motifs is 1. The van der Waals surface area contributed by atoms with E-state index in [4.69, 9.17) is 0 Å². The van der Waals surface area contributed by atoms with Crippen molar-refractivity contribution >= 4 is 34.1 Å². The minimum absolute atomic E-state index is 0.144. The SMILES string of the molecule is O=C(CSc1cccc[n+]1[O-])Nc1nc2c(s1)C[C@@H](c1ccccc1)CC2. The third-order valence-electron chi connectivity index (χ3n) is 4.60. The second-order valence-electron chi connectivity index (χ2n) is 6.44. The summed E-state index contributed by atoms with van der Waals surface area (Å²) in [5.74, 6) is 0.557. The molecule has 0 saturated heterocycles. The molecule has 1 aliphatic rings. The Hall–Kier alpha value is -2.38. The van der Waals surface area contributed by atoms with Crippen molar-refractivity contribution in [3.8, 4) is 0 Å². The zero-order chi connectivity index (χ0) is 18.6. The van der Waals surface area contributed by atoms with Gasteiger partial charge in [-0.25, -0.2) is 4.98 Å². The number of hydrogen-bond acceptors (Lipinski definition) is 5. The minimum Gasteiger partial charge on any atom is -0.618 e. The molecule has 0 fully saturated rings. The number of thioether (sulfide) groups is 1. The summed E-state index contributed by atoms with van der Waals surface area (Å²) in [4.78, 5) is 18.1. The monoisotopic (exact) mass is 397 g/mol. The van der Waals surface area contributed by atoms with Crippen molar-refractivity contribution in [1.29, 1.82) is 0 Å². The Labute approximate surface area is 166 Å². The second-order valence-corrected chi connectivity index (χ2v) is 8.52. The summed E-state index contributed by atoms with van der Waals surface area (Å²) in [7, 11) is 0. The summed E-state index contributed by atoms with van der Waals surface area (Å²) in [5.41, 5.74) is 2.47. The van der Waals surface area contributed by atoms with Gasteiger partial charge in [0.15, 0.2) is 11.3 Å². The van der Waals surface area contributed by atoms with E-state index >= 15 is 0 Å². The normalized spacial score (nSPS) is 15.9. The van der Waals surface area contributed by atoms with Crippen molar-refractivity contribution in [2.75, 3.05) is 11.1 Å². The van der Waals surface area contributed by atoms with Crippen LogP contribution in [0, 0.1) is 5.21 Å². The van der Waals surface area contributed by atoms with Crippen molar-refractivity contribution in [2.24, 2.45) is 0 Å². The number of rotatable bonds is 5. The van der Waals surface area contributed by atoms with E-state index in [-0.39, 0.29) is 11.7 Å². The molecule has 0 saturated carbocycles. The van der Waals surface area contributed by atoms with E-state index in [0.29, 0.717) is 16.1 Å². The van der Waals surface area contributed by atoms with Gasteiger partial charge in [-0.1, -0.05) is 30.3 Å². The molecule has 1 aliphatic carbocycles. The molecule has 0 unspecified atom stereocenters. The van der Waals surface area contributed by atoms with Crippen LogP contribution in [0.1, 0.15) is 28.5 Å². The summed E-state index contributed by atoms with van der Waals surface area (Å²) < 4.78 is 0.768. The predicted octanol–water partition coefficient (Wildman–Crippen LogP) is 3.78. The zero-order valence-electron chi connectivity index (χ0n) is 14.6. The van der Waals surface area contributed by atoms with E-state index in [1.54, 1.807) is 29.5 Å². The number of carbonyl (C=O) groups excluding carboxylic acids is 1. The van der Waals surface area contributed by atoms with Gasteiger partial charge in [0.2, 0.25) is 5.91 Å². The van der Waals surface area contributed by atoms with Gasteiger partial charge in [-0.3, -0.25) is 4.79 Å². The molecule has 7 heteroatoms. The topological polar surface area (TPSA) is 68.9 Å². The Morgan fingerprint density at radius 1 is 1.26 bits per heavy atom. The molecule has 5 nitrogen and oxygen atoms in total. The van der Waals surface area contributed by atoms with Crippen LogP contribution >= 0.6 is 23.1 Å². The first-order chi connectivity index (χ1) is 13.2. The number of nitrogens with one attached hydrogen (secondary N) is 1. The van der Waals surface area contributed by atoms with Crippen molar-refractivity contribution in [3.63, 3.8) is 0 Å². The Morgan fingerprint density at radius 2 is 2.07 bits per heavy atom. The number of anilines is 1. The molecule has 0 aliphatic heterocycles. The van der Waals surface area contributed by atoms with Crippen LogP contribution in [0.3, 0.4) is 0 Å². The predicted molar refractivity (Wildman–Crippen MR) is 108 cm³/mol. The van der Waals surface area contributed by atoms with Gasteiger partial charge in [-0.15, -0.1) is 11.3 Å². The molecule has 0 spiro atoms. The Balaban J connectivity index is 1.37. The van der Waals surface area contributed by atoms with Gasteiger partial charge in [0.05, 0.1) is 11.4 Å². The fourth-order valence-corrected chi connectivity index (χ4v) is 5.08. The lowest BCUT2D eigenvalue weighted by Gasteiger charge is -2.21. The van der Waals surface area contributed by atoms with Crippen LogP contribution in [0.25, 0.3) is 0 Å². The molecule has 1 aromatic carbocycles. The molecule has 138 valence electrons. The highest BCUT2D eigenvalue weighted by molar-refractivity contribution is 7.99. The molecular weight excluding hydrogens is 378 g/mol. The van der Waals surface area contributed by atoms with E-state index in [0.717, 1.165) is 29.7 Å². The average molecular weight is 398 g/mol. The Kier molecular flexibility index (Phi) is 5.40. The van der Waals surface area contributed by atoms with Crippen LogP contribution in [0.2, 0.25) is 0 Å². The Bertz CT molecular complexity index is 943. The van der Waals surface area contributed by atoms with E-state index < -0.39 is 0 Å². The maximum Gasteiger partial charge on any atom is 0.251 e. The van der Waals surface area contributed by atoms with Crippen molar-refractivity contribution in [3.05, 3.63) is 76.1 Å². The van der Waals surface area contributed by atoms with Crippen molar-refractivity contribution in [1.82, 2.24) is 4.98 Å². The number of thiazole rings is 1. The molecule has 1 amide bonds. The summed E-state index contributed by atoms with van der Waals surface area (Å²) in [6, 6.07) is 15.7. The highest BCUT2D eigenvalue weighted by Crippen LogP contribution is 2.36. The summed E-state index contributed by atoms with van der Waals surface area (Å²) in [5, 5.41) is 15.7. The van der Waals surface area contributed by atoms with Gasteiger partial charge in [0.1, 0.15) is 0 Å². The molecule has 2 heterocycles. The summed E-state index contributed by atoms with van der Waals surface area (Å²) >= 11 is 2.79. The molecule has 4 rings (SSSR count). The molecule has 0 radical (unpaired) electrons. The fourth-order valence-electron chi connectivity index (χ4n) is 3.26. The van der Waals surface area contributed by atoms with Crippen LogP contribution in [0.5, 0.6) is 0 Å². The highest BCUT2D eigenvalue weighted by Gasteiger charge is 2.24. The van der Waals surface area contributed by atoms with Crippen LogP contribution in [0.4, 0.5) is 5.13 Å².